The van der Waals surface area contributed by atoms with E-state index in [4.69, 9.17) is 16.3 Å². The van der Waals surface area contributed by atoms with Gasteiger partial charge in [-0.1, -0.05) is 23.7 Å². The first-order chi connectivity index (χ1) is 16.0. The lowest BCUT2D eigenvalue weighted by Gasteiger charge is -2.09. The number of hydrogen-bond donors (Lipinski definition) is 0. The van der Waals surface area contributed by atoms with E-state index in [1.165, 1.54) is 17.9 Å². The molecule has 0 spiro atoms. The fourth-order valence-corrected chi connectivity index (χ4v) is 4.74. The molecule has 3 heterocycles. The van der Waals surface area contributed by atoms with Crippen LogP contribution in [0.2, 0.25) is 5.02 Å². The summed E-state index contributed by atoms with van der Waals surface area (Å²) in [6.07, 6.45) is 3.13. The van der Waals surface area contributed by atoms with Gasteiger partial charge in [-0.2, -0.15) is 4.37 Å². The van der Waals surface area contributed by atoms with Gasteiger partial charge in [0.2, 0.25) is 5.78 Å². The number of ketones is 1. The van der Waals surface area contributed by atoms with Crippen molar-refractivity contribution in [3.05, 3.63) is 93.8 Å². The van der Waals surface area contributed by atoms with Crippen molar-refractivity contribution in [2.24, 2.45) is 0 Å². The maximum Gasteiger partial charge on any atom is 0.207 e. The van der Waals surface area contributed by atoms with Crippen molar-refractivity contribution < 1.29 is 9.53 Å². The van der Waals surface area contributed by atoms with Gasteiger partial charge in [-0.15, -0.1) is 0 Å². The third-order valence-corrected chi connectivity index (χ3v) is 6.63. The number of carbonyl (C=O) groups excluding carboxylic acids is 1. The molecule has 5 rings (SSSR count). The summed E-state index contributed by atoms with van der Waals surface area (Å²) in [6, 6.07) is 17.1. The standard InChI is InChI=1S/C25H19ClN4O2S/c1-15-24(25(31)23-12-21(29-33-23)20-9-10-27-14-28-20)19-11-18(32-2)7-8-22(19)30(15)13-16-3-5-17(26)6-4-16/h3-12,14H,13H2,1-2H3. The van der Waals surface area contributed by atoms with E-state index in [0.717, 1.165) is 22.2 Å². The Bertz CT molecular complexity index is 1460. The molecule has 5 aromatic rings. The van der Waals surface area contributed by atoms with E-state index in [1.54, 1.807) is 25.4 Å². The lowest BCUT2D eigenvalue weighted by molar-refractivity contribution is 0.104. The monoisotopic (exact) mass is 474 g/mol. The Labute approximate surface area is 199 Å². The second-order valence-electron chi connectivity index (χ2n) is 7.56. The number of aromatic nitrogens is 4. The second kappa shape index (κ2) is 8.77. The van der Waals surface area contributed by atoms with Gasteiger partial charge in [0.15, 0.2) is 0 Å². The van der Waals surface area contributed by atoms with Crippen LogP contribution in [0.4, 0.5) is 0 Å². The van der Waals surface area contributed by atoms with Crippen LogP contribution in [-0.2, 0) is 6.54 Å². The number of methoxy groups -OCH3 is 1. The van der Waals surface area contributed by atoms with Gasteiger partial charge in [-0.05, 0) is 66.5 Å². The van der Waals surface area contributed by atoms with Crippen LogP contribution in [0.25, 0.3) is 22.3 Å². The number of rotatable bonds is 6. The zero-order valence-corrected chi connectivity index (χ0v) is 19.5. The van der Waals surface area contributed by atoms with Crippen molar-refractivity contribution in [3.8, 4) is 17.1 Å². The molecule has 0 saturated carbocycles. The van der Waals surface area contributed by atoms with Crippen LogP contribution >= 0.6 is 23.1 Å². The molecule has 0 unspecified atom stereocenters. The third kappa shape index (κ3) is 4.01. The zero-order valence-electron chi connectivity index (χ0n) is 17.9. The first-order valence-corrected chi connectivity index (χ1v) is 11.4. The Balaban J connectivity index is 1.61. The largest absolute Gasteiger partial charge is 0.497 e. The van der Waals surface area contributed by atoms with E-state index in [0.29, 0.717) is 39.1 Å². The van der Waals surface area contributed by atoms with Crippen molar-refractivity contribution in [2.45, 2.75) is 13.5 Å². The van der Waals surface area contributed by atoms with E-state index < -0.39 is 0 Å². The molecule has 6 nitrogen and oxygen atoms in total. The summed E-state index contributed by atoms with van der Waals surface area (Å²) in [5.74, 6) is 0.629. The molecule has 8 heteroatoms. The van der Waals surface area contributed by atoms with Crippen LogP contribution in [0.15, 0.2) is 67.1 Å². The molecule has 2 aromatic carbocycles. The van der Waals surface area contributed by atoms with Gasteiger partial charge < -0.3 is 9.30 Å². The average molecular weight is 475 g/mol. The summed E-state index contributed by atoms with van der Waals surface area (Å²) in [5.41, 5.74) is 4.94. The summed E-state index contributed by atoms with van der Waals surface area (Å²) in [4.78, 5) is 22.4. The van der Waals surface area contributed by atoms with Gasteiger partial charge in [0.1, 0.15) is 17.8 Å². The highest BCUT2D eigenvalue weighted by Gasteiger charge is 2.24. The third-order valence-electron chi connectivity index (χ3n) is 5.59. The smallest absolute Gasteiger partial charge is 0.207 e. The van der Waals surface area contributed by atoms with E-state index in [1.807, 2.05) is 49.4 Å². The molecule has 0 aliphatic rings. The molecule has 33 heavy (non-hydrogen) atoms. The molecule has 3 aromatic heterocycles. The summed E-state index contributed by atoms with van der Waals surface area (Å²) in [7, 11) is 1.62. The predicted octanol–water partition coefficient (Wildman–Crippen LogP) is 5.80. The van der Waals surface area contributed by atoms with Crippen molar-refractivity contribution in [2.75, 3.05) is 7.11 Å². The number of hydrogen-bond acceptors (Lipinski definition) is 6. The van der Waals surface area contributed by atoms with E-state index in [2.05, 4.69) is 18.9 Å². The summed E-state index contributed by atoms with van der Waals surface area (Å²) in [6.45, 7) is 2.59. The Morgan fingerprint density at radius 1 is 1.09 bits per heavy atom. The molecule has 0 saturated heterocycles. The first-order valence-electron chi connectivity index (χ1n) is 10.2. The molecule has 0 bridgehead atoms. The van der Waals surface area contributed by atoms with Crippen LogP contribution in [-0.4, -0.2) is 31.8 Å². The number of fused-ring (bicyclic) bond motifs is 1. The Hall–Kier alpha value is -3.55. The van der Waals surface area contributed by atoms with Crippen molar-refractivity contribution in [1.29, 1.82) is 0 Å². The van der Waals surface area contributed by atoms with Gasteiger partial charge in [0, 0.05) is 34.4 Å². The van der Waals surface area contributed by atoms with Gasteiger partial charge in [0.25, 0.3) is 0 Å². The van der Waals surface area contributed by atoms with Gasteiger partial charge in [-0.3, -0.25) is 4.79 Å². The van der Waals surface area contributed by atoms with Gasteiger partial charge in [0.05, 0.1) is 23.2 Å². The van der Waals surface area contributed by atoms with Crippen molar-refractivity contribution in [1.82, 2.24) is 18.9 Å². The first kappa shape index (κ1) is 21.3. The average Bonchev–Trinajstić information content (AvgIpc) is 3.44. The fourth-order valence-electron chi connectivity index (χ4n) is 3.92. The minimum absolute atomic E-state index is 0.0709. The highest BCUT2D eigenvalue weighted by Crippen LogP contribution is 2.33. The molecule has 0 aliphatic heterocycles. The van der Waals surface area contributed by atoms with Crippen LogP contribution in [0.5, 0.6) is 5.75 Å². The second-order valence-corrected chi connectivity index (χ2v) is 8.80. The lowest BCUT2D eigenvalue weighted by Crippen LogP contribution is -2.05. The molecular formula is C25H19ClN4O2S. The fraction of sp³-hybridized carbons (Fsp3) is 0.120. The molecule has 0 radical (unpaired) electrons. The number of benzene rings is 2. The normalized spacial score (nSPS) is 11.1. The Kier molecular flexibility index (Phi) is 5.66. The van der Waals surface area contributed by atoms with Crippen LogP contribution in [0.1, 0.15) is 26.5 Å². The predicted molar refractivity (Wildman–Crippen MR) is 130 cm³/mol. The highest BCUT2D eigenvalue weighted by molar-refractivity contribution is 7.08. The van der Waals surface area contributed by atoms with E-state index >= 15 is 0 Å². The maximum absolute atomic E-state index is 13.7. The van der Waals surface area contributed by atoms with E-state index in [-0.39, 0.29) is 5.78 Å². The van der Waals surface area contributed by atoms with Crippen LogP contribution < -0.4 is 4.74 Å². The molecule has 0 N–H and O–H groups in total. The van der Waals surface area contributed by atoms with Gasteiger partial charge in [-0.25, -0.2) is 9.97 Å². The number of carbonyl (C=O) groups is 1. The maximum atomic E-state index is 13.7. The molecule has 0 atom stereocenters. The summed E-state index contributed by atoms with van der Waals surface area (Å²) < 4.78 is 12.0. The minimum atomic E-state index is -0.0709. The summed E-state index contributed by atoms with van der Waals surface area (Å²) in [5, 5.41) is 1.54. The van der Waals surface area contributed by atoms with E-state index in [9.17, 15) is 4.79 Å². The lowest BCUT2D eigenvalue weighted by atomic mass is 10.0. The molecule has 164 valence electrons. The highest BCUT2D eigenvalue weighted by atomic mass is 35.5. The van der Waals surface area contributed by atoms with Crippen LogP contribution in [0.3, 0.4) is 0 Å². The van der Waals surface area contributed by atoms with Crippen molar-refractivity contribution >= 4 is 39.8 Å². The summed E-state index contributed by atoms with van der Waals surface area (Å²) >= 11 is 7.23. The molecular weight excluding hydrogens is 456 g/mol. The number of nitrogens with zero attached hydrogens (tertiary/aromatic N) is 4. The quantitative estimate of drug-likeness (QED) is 0.291. The number of ether oxygens (including phenoxy) is 1. The zero-order chi connectivity index (χ0) is 22.9. The Morgan fingerprint density at radius 2 is 1.91 bits per heavy atom. The molecule has 0 aliphatic carbocycles. The van der Waals surface area contributed by atoms with Crippen LogP contribution in [0, 0.1) is 6.92 Å². The van der Waals surface area contributed by atoms with Crippen molar-refractivity contribution in [3.63, 3.8) is 0 Å². The number of halogens is 1. The minimum Gasteiger partial charge on any atom is -0.497 e. The Morgan fingerprint density at radius 3 is 2.64 bits per heavy atom. The SMILES string of the molecule is COc1ccc2c(c1)c(C(=O)c1cc(-c3ccncn3)ns1)c(C)n2Cc1ccc(Cl)cc1. The molecule has 0 fully saturated rings. The van der Waals surface area contributed by atoms with Gasteiger partial charge >= 0.3 is 0 Å². The molecule has 0 amide bonds. The topological polar surface area (TPSA) is 69.9 Å².